The zero-order valence-electron chi connectivity index (χ0n) is 13.6. The number of fused-ring (bicyclic) bond motifs is 1. The molecule has 1 amide bonds. The minimum absolute atomic E-state index is 0.0135. The van der Waals surface area contributed by atoms with Gasteiger partial charge in [0, 0.05) is 24.2 Å². The molecule has 0 saturated heterocycles. The molecule has 3 rings (SSSR count). The Morgan fingerprint density at radius 1 is 1.28 bits per heavy atom. The fourth-order valence-corrected chi connectivity index (χ4v) is 2.86. The molecule has 7 heteroatoms. The van der Waals surface area contributed by atoms with Gasteiger partial charge in [-0.05, 0) is 42.7 Å². The third kappa shape index (κ3) is 3.43. The van der Waals surface area contributed by atoms with E-state index in [9.17, 15) is 14.9 Å². The van der Waals surface area contributed by atoms with Crippen LogP contribution in [0.1, 0.15) is 36.1 Å². The van der Waals surface area contributed by atoms with E-state index in [1.807, 2.05) is 31.2 Å². The van der Waals surface area contributed by atoms with Gasteiger partial charge in [0.05, 0.1) is 16.6 Å². The van der Waals surface area contributed by atoms with Crippen LogP contribution in [0.5, 0.6) is 0 Å². The number of carbonyl (C=O) groups is 1. The average Bonchev–Trinajstić information content (AvgIpc) is 2.61. The largest absolute Gasteiger partial charge is 0.373 e. The lowest BCUT2D eigenvalue weighted by molar-refractivity contribution is -0.384. The summed E-state index contributed by atoms with van der Waals surface area (Å²) in [6, 6.07) is 11.8. The van der Waals surface area contributed by atoms with Crippen molar-refractivity contribution < 1.29 is 9.72 Å². The number of carbonyl (C=O) groups excluding carboxylic acids is 1. The molecule has 1 heterocycles. The molecule has 2 N–H and O–H groups in total. The molecule has 1 aliphatic heterocycles. The summed E-state index contributed by atoms with van der Waals surface area (Å²) in [5.41, 5.74) is 3.32. The topological polar surface area (TPSA) is 108 Å². The Balaban J connectivity index is 1.86. The Kier molecular flexibility index (Phi) is 4.35. The summed E-state index contributed by atoms with van der Waals surface area (Å²) >= 11 is 0. The summed E-state index contributed by atoms with van der Waals surface area (Å²) in [6.45, 7) is 1.91. The summed E-state index contributed by atoms with van der Waals surface area (Å²) in [5.74, 6) is 0.0135. The summed E-state index contributed by atoms with van der Waals surface area (Å²) in [7, 11) is 0. The third-order valence-corrected chi connectivity index (χ3v) is 4.22. The monoisotopic (exact) mass is 336 g/mol. The van der Waals surface area contributed by atoms with E-state index in [1.54, 1.807) is 12.1 Å². The maximum Gasteiger partial charge on any atom is 0.293 e. The van der Waals surface area contributed by atoms with E-state index in [2.05, 4.69) is 10.6 Å². The second-order valence-corrected chi connectivity index (χ2v) is 5.93. The number of nitro benzene ring substituents is 1. The molecule has 0 radical (unpaired) electrons. The molecule has 0 saturated carbocycles. The summed E-state index contributed by atoms with van der Waals surface area (Å²) in [5, 5.41) is 26.1. The lowest BCUT2D eigenvalue weighted by Crippen LogP contribution is -2.19. The van der Waals surface area contributed by atoms with Crippen molar-refractivity contribution in [2.24, 2.45) is 0 Å². The molecule has 2 aromatic carbocycles. The second kappa shape index (κ2) is 6.61. The molecule has 1 atom stereocenters. The SMILES string of the molecule is C[C@H](Nc1ccc(C#N)cc1[N+](=O)[O-])c1ccc2c(c1)CCC(=O)N2. The van der Waals surface area contributed by atoms with Crippen LogP contribution in [0.2, 0.25) is 0 Å². The van der Waals surface area contributed by atoms with Gasteiger partial charge in [-0.3, -0.25) is 14.9 Å². The number of nitrogens with one attached hydrogen (secondary N) is 2. The number of nitro groups is 1. The van der Waals surface area contributed by atoms with Crippen molar-refractivity contribution in [1.82, 2.24) is 0 Å². The molecule has 0 unspecified atom stereocenters. The van der Waals surface area contributed by atoms with E-state index in [-0.39, 0.29) is 23.2 Å². The maximum atomic E-state index is 11.4. The first kappa shape index (κ1) is 16.5. The van der Waals surface area contributed by atoms with Crippen LogP contribution in [0.3, 0.4) is 0 Å². The standard InChI is InChI=1S/C18H16N4O3/c1-11(13-3-6-15-14(9-13)4-7-18(23)21-15)20-16-5-2-12(10-19)8-17(16)22(24)25/h2-3,5-6,8-9,11,20H,4,7H2,1H3,(H,21,23)/t11-/m0/s1. The number of hydrogen-bond donors (Lipinski definition) is 2. The van der Waals surface area contributed by atoms with Crippen molar-refractivity contribution >= 4 is 23.0 Å². The van der Waals surface area contributed by atoms with Gasteiger partial charge in [-0.1, -0.05) is 12.1 Å². The van der Waals surface area contributed by atoms with Gasteiger partial charge in [0.25, 0.3) is 5.69 Å². The first-order chi connectivity index (χ1) is 12.0. The van der Waals surface area contributed by atoms with Gasteiger partial charge in [0.15, 0.2) is 0 Å². The highest BCUT2D eigenvalue weighted by Crippen LogP contribution is 2.31. The van der Waals surface area contributed by atoms with Crippen LogP contribution in [-0.4, -0.2) is 10.8 Å². The Hall–Kier alpha value is -3.40. The first-order valence-corrected chi connectivity index (χ1v) is 7.85. The van der Waals surface area contributed by atoms with Crippen molar-refractivity contribution in [2.45, 2.75) is 25.8 Å². The average molecular weight is 336 g/mol. The molecule has 1 aliphatic rings. The lowest BCUT2D eigenvalue weighted by atomic mass is 9.97. The number of nitriles is 1. The molecular weight excluding hydrogens is 320 g/mol. The predicted octanol–water partition coefficient (Wildman–Crippen LogP) is 3.52. The van der Waals surface area contributed by atoms with Crippen LogP contribution in [-0.2, 0) is 11.2 Å². The van der Waals surface area contributed by atoms with Gasteiger partial charge in [-0.25, -0.2) is 0 Å². The highest BCUT2D eigenvalue weighted by Gasteiger charge is 2.19. The van der Waals surface area contributed by atoms with Crippen LogP contribution >= 0.6 is 0 Å². The van der Waals surface area contributed by atoms with Crippen molar-refractivity contribution in [3.8, 4) is 6.07 Å². The molecule has 126 valence electrons. The van der Waals surface area contributed by atoms with Gasteiger partial charge in [0.2, 0.25) is 5.91 Å². The number of nitrogens with zero attached hydrogens (tertiary/aromatic N) is 2. The molecule has 0 aromatic heterocycles. The smallest absolute Gasteiger partial charge is 0.293 e. The quantitative estimate of drug-likeness (QED) is 0.656. The summed E-state index contributed by atoms with van der Waals surface area (Å²) in [4.78, 5) is 22.2. The maximum absolute atomic E-state index is 11.4. The van der Waals surface area contributed by atoms with Crippen molar-refractivity contribution in [2.75, 3.05) is 10.6 Å². The van der Waals surface area contributed by atoms with Crippen LogP contribution in [0.15, 0.2) is 36.4 Å². The van der Waals surface area contributed by atoms with Gasteiger partial charge >= 0.3 is 0 Å². The van der Waals surface area contributed by atoms with Crippen molar-refractivity contribution in [1.29, 1.82) is 5.26 Å². The predicted molar refractivity (Wildman–Crippen MR) is 93.2 cm³/mol. The number of anilines is 2. The van der Waals surface area contributed by atoms with Crippen LogP contribution in [0.25, 0.3) is 0 Å². The molecule has 25 heavy (non-hydrogen) atoms. The zero-order chi connectivity index (χ0) is 18.0. The van der Waals surface area contributed by atoms with Crippen LogP contribution in [0.4, 0.5) is 17.1 Å². The summed E-state index contributed by atoms with van der Waals surface area (Å²) in [6.07, 6.45) is 1.14. The Morgan fingerprint density at radius 2 is 2.08 bits per heavy atom. The molecule has 0 spiro atoms. The van der Waals surface area contributed by atoms with E-state index in [0.29, 0.717) is 18.5 Å². The van der Waals surface area contributed by atoms with E-state index >= 15 is 0 Å². The molecule has 0 fully saturated rings. The van der Waals surface area contributed by atoms with Gasteiger partial charge in [-0.2, -0.15) is 5.26 Å². The number of aryl methyl sites for hydroxylation is 1. The minimum atomic E-state index is -0.502. The minimum Gasteiger partial charge on any atom is -0.373 e. The van der Waals surface area contributed by atoms with E-state index in [4.69, 9.17) is 5.26 Å². The molecular formula is C18H16N4O3. The Labute approximate surface area is 144 Å². The normalized spacial score (nSPS) is 14.0. The third-order valence-electron chi connectivity index (χ3n) is 4.22. The zero-order valence-corrected chi connectivity index (χ0v) is 13.6. The van der Waals surface area contributed by atoms with Gasteiger partial charge in [-0.15, -0.1) is 0 Å². The number of rotatable bonds is 4. The molecule has 2 aromatic rings. The Bertz CT molecular complexity index is 902. The fraction of sp³-hybridized carbons (Fsp3) is 0.222. The second-order valence-electron chi connectivity index (χ2n) is 5.93. The number of amides is 1. The van der Waals surface area contributed by atoms with Crippen molar-refractivity contribution in [3.63, 3.8) is 0 Å². The van der Waals surface area contributed by atoms with Gasteiger partial charge < -0.3 is 10.6 Å². The highest BCUT2D eigenvalue weighted by molar-refractivity contribution is 5.93. The lowest BCUT2D eigenvalue weighted by Gasteiger charge is -2.21. The van der Waals surface area contributed by atoms with Gasteiger partial charge in [0.1, 0.15) is 5.69 Å². The molecule has 0 aliphatic carbocycles. The van der Waals surface area contributed by atoms with E-state index in [0.717, 1.165) is 16.8 Å². The van der Waals surface area contributed by atoms with Crippen LogP contribution < -0.4 is 10.6 Å². The summed E-state index contributed by atoms with van der Waals surface area (Å²) < 4.78 is 0. The highest BCUT2D eigenvalue weighted by atomic mass is 16.6. The molecule has 7 nitrogen and oxygen atoms in total. The van der Waals surface area contributed by atoms with Crippen LogP contribution in [0, 0.1) is 21.4 Å². The van der Waals surface area contributed by atoms with Crippen molar-refractivity contribution in [3.05, 3.63) is 63.2 Å². The van der Waals surface area contributed by atoms with E-state index in [1.165, 1.54) is 6.07 Å². The number of benzene rings is 2. The first-order valence-electron chi connectivity index (χ1n) is 7.85. The fourth-order valence-electron chi connectivity index (χ4n) is 2.86. The number of hydrogen-bond acceptors (Lipinski definition) is 5. The Morgan fingerprint density at radius 3 is 2.80 bits per heavy atom. The van der Waals surface area contributed by atoms with E-state index < -0.39 is 4.92 Å². The molecule has 0 bridgehead atoms.